The van der Waals surface area contributed by atoms with Gasteiger partial charge in [-0.2, -0.15) is 0 Å². The Labute approximate surface area is 189 Å². The van der Waals surface area contributed by atoms with Crippen LogP contribution in [0.1, 0.15) is 22.3 Å². The highest BCUT2D eigenvalue weighted by Gasteiger charge is 2.27. The fourth-order valence-electron chi connectivity index (χ4n) is 4.58. The molecule has 0 aliphatic carbocycles. The van der Waals surface area contributed by atoms with Crippen molar-refractivity contribution in [2.45, 2.75) is 27.7 Å². The highest BCUT2D eigenvalue weighted by Crippen LogP contribution is 2.22. The SMILES string of the molecule is Cc1cccc(C)c1B(c1ccc(-c2cccc(Br)c2)cc1)c1c(C)cccc1C. The summed E-state index contributed by atoms with van der Waals surface area (Å²) in [6.45, 7) is 9.17. The summed E-state index contributed by atoms with van der Waals surface area (Å²) in [6, 6.07) is 30.9. The van der Waals surface area contributed by atoms with Gasteiger partial charge < -0.3 is 0 Å². The van der Waals surface area contributed by atoms with E-state index in [0.717, 1.165) is 4.47 Å². The Morgan fingerprint density at radius 3 is 1.47 bits per heavy atom. The van der Waals surface area contributed by atoms with Gasteiger partial charge in [0.2, 0.25) is 6.71 Å². The molecule has 0 aliphatic heterocycles. The first-order valence-electron chi connectivity index (χ1n) is 10.4. The summed E-state index contributed by atoms with van der Waals surface area (Å²) in [5, 5.41) is 0. The Bertz CT molecular complexity index is 1100. The van der Waals surface area contributed by atoms with Crippen LogP contribution >= 0.6 is 15.9 Å². The monoisotopic (exact) mass is 452 g/mol. The first-order chi connectivity index (χ1) is 14.5. The van der Waals surface area contributed by atoms with Crippen molar-refractivity contribution in [2.24, 2.45) is 0 Å². The lowest BCUT2D eigenvalue weighted by Gasteiger charge is -2.23. The van der Waals surface area contributed by atoms with Crippen molar-refractivity contribution >= 4 is 39.0 Å². The largest absolute Gasteiger partial charge is 0.242 e. The number of rotatable bonds is 4. The second-order valence-corrected chi connectivity index (χ2v) is 9.09. The number of hydrogen-bond acceptors (Lipinski definition) is 0. The summed E-state index contributed by atoms with van der Waals surface area (Å²) in [5.74, 6) is 0. The Morgan fingerprint density at radius 2 is 1.00 bits per heavy atom. The minimum absolute atomic E-state index is 0.226. The van der Waals surface area contributed by atoms with Crippen molar-refractivity contribution < 1.29 is 0 Å². The van der Waals surface area contributed by atoms with E-state index in [2.05, 4.69) is 129 Å². The van der Waals surface area contributed by atoms with Crippen molar-refractivity contribution in [3.8, 4) is 11.1 Å². The predicted octanol–water partition coefficient (Wildman–Crippen LogP) is 5.87. The van der Waals surface area contributed by atoms with Crippen molar-refractivity contribution in [1.29, 1.82) is 0 Å². The van der Waals surface area contributed by atoms with Crippen LogP contribution < -0.4 is 16.4 Å². The van der Waals surface area contributed by atoms with Crippen LogP contribution in [0, 0.1) is 27.7 Å². The summed E-state index contributed by atoms with van der Waals surface area (Å²) >= 11 is 3.59. The normalized spacial score (nSPS) is 10.8. The molecule has 0 saturated heterocycles. The zero-order valence-electron chi connectivity index (χ0n) is 18.0. The summed E-state index contributed by atoms with van der Waals surface area (Å²) < 4.78 is 1.10. The van der Waals surface area contributed by atoms with Gasteiger partial charge in [-0.05, 0) is 51.0 Å². The van der Waals surface area contributed by atoms with Gasteiger partial charge in [-0.15, -0.1) is 0 Å². The molecule has 0 fully saturated rings. The fourth-order valence-corrected chi connectivity index (χ4v) is 4.98. The van der Waals surface area contributed by atoms with Gasteiger partial charge >= 0.3 is 0 Å². The van der Waals surface area contributed by atoms with Gasteiger partial charge in [0.25, 0.3) is 0 Å². The van der Waals surface area contributed by atoms with E-state index < -0.39 is 0 Å². The van der Waals surface area contributed by atoms with Gasteiger partial charge in [0.15, 0.2) is 0 Å². The lowest BCUT2D eigenvalue weighted by atomic mass is 9.34. The third kappa shape index (κ3) is 4.02. The molecular formula is C28H26BBr. The van der Waals surface area contributed by atoms with E-state index in [1.54, 1.807) is 0 Å². The molecule has 0 radical (unpaired) electrons. The molecule has 4 aromatic rings. The predicted molar refractivity (Wildman–Crippen MR) is 136 cm³/mol. The van der Waals surface area contributed by atoms with Crippen molar-refractivity contribution in [3.63, 3.8) is 0 Å². The van der Waals surface area contributed by atoms with Crippen molar-refractivity contribution in [3.05, 3.63) is 112 Å². The minimum atomic E-state index is 0.226. The van der Waals surface area contributed by atoms with Gasteiger partial charge in [-0.1, -0.05) is 127 Å². The summed E-state index contributed by atoms with van der Waals surface area (Å²) in [7, 11) is 0. The first kappa shape index (κ1) is 20.7. The molecule has 0 unspecified atom stereocenters. The molecule has 0 saturated carbocycles. The zero-order valence-corrected chi connectivity index (χ0v) is 19.6. The third-order valence-electron chi connectivity index (χ3n) is 6.06. The molecule has 0 bridgehead atoms. The Morgan fingerprint density at radius 1 is 0.533 bits per heavy atom. The van der Waals surface area contributed by atoms with Gasteiger partial charge in [-0.25, -0.2) is 0 Å². The second kappa shape index (κ2) is 8.66. The maximum absolute atomic E-state index is 3.59. The molecule has 0 aliphatic rings. The van der Waals surface area contributed by atoms with E-state index in [-0.39, 0.29) is 6.71 Å². The highest BCUT2D eigenvalue weighted by molar-refractivity contribution is 9.10. The average Bonchev–Trinajstić information content (AvgIpc) is 2.72. The van der Waals surface area contributed by atoms with Crippen LogP contribution in [-0.4, -0.2) is 6.71 Å². The molecule has 4 aromatic carbocycles. The number of benzene rings is 4. The molecule has 0 spiro atoms. The minimum Gasteiger partial charge on any atom is -0.0686 e. The van der Waals surface area contributed by atoms with Gasteiger partial charge in [-0.3, -0.25) is 0 Å². The maximum Gasteiger partial charge on any atom is 0.242 e. The summed E-state index contributed by atoms with van der Waals surface area (Å²) in [6.07, 6.45) is 0. The van der Waals surface area contributed by atoms with Crippen LogP contribution in [0.3, 0.4) is 0 Å². The van der Waals surface area contributed by atoms with Gasteiger partial charge in [0.1, 0.15) is 0 Å². The van der Waals surface area contributed by atoms with Gasteiger partial charge in [0, 0.05) is 4.47 Å². The molecule has 30 heavy (non-hydrogen) atoms. The first-order valence-corrected chi connectivity index (χ1v) is 11.2. The van der Waals surface area contributed by atoms with Crippen LogP contribution in [0.15, 0.2) is 89.4 Å². The Hall–Kier alpha value is -2.58. The van der Waals surface area contributed by atoms with Crippen molar-refractivity contribution in [1.82, 2.24) is 0 Å². The third-order valence-corrected chi connectivity index (χ3v) is 6.56. The molecule has 0 heterocycles. The molecule has 0 nitrogen and oxygen atoms in total. The highest BCUT2D eigenvalue weighted by atomic mass is 79.9. The molecular weight excluding hydrogens is 427 g/mol. The second-order valence-electron chi connectivity index (χ2n) is 8.18. The van der Waals surface area contributed by atoms with E-state index in [0.29, 0.717) is 0 Å². The molecule has 148 valence electrons. The number of halogens is 1. The maximum atomic E-state index is 3.59. The molecule has 0 aromatic heterocycles. The van der Waals surface area contributed by atoms with Crippen molar-refractivity contribution in [2.75, 3.05) is 0 Å². The smallest absolute Gasteiger partial charge is 0.0686 e. The quantitative estimate of drug-likeness (QED) is 0.340. The number of aryl methyl sites for hydroxylation is 4. The molecule has 0 N–H and O–H groups in total. The number of hydrogen-bond donors (Lipinski definition) is 0. The summed E-state index contributed by atoms with van der Waals surface area (Å²) in [4.78, 5) is 0. The van der Waals surface area contributed by atoms with E-state index in [4.69, 9.17) is 0 Å². The van der Waals surface area contributed by atoms with Gasteiger partial charge in [0.05, 0.1) is 0 Å². The van der Waals surface area contributed by atoms with Crippen LogP contribution in [0.4, 0.5) is 0 Å². The molecule has 4 rings (SSSR count). The standard InChI is InChI=1S/C28H26BBr/c1-19-8-5-9-20(2)27(19)29(28-21(3)10-6-11-22(28)4)25-16-14-23(15-17-25)24-12-7-13-26(30)18-24/h5-18H,1-4H3. The van der Waals surface area contributed by atoms with Crippen LogP contribution in [-0.2, 0) is 0 Å². The summed E-state index contributed by atoms with van der Waals surface area (Å²) in [5.41, 5.74) is 12.0. The Kier molecular flexibility index (Phi) is 5.97. The topological polar surface area (TPSA) is 0 Å². The lowest BCUT2D eigenvalue weighted by molar-refractivity contribution is 1.41. The van der Waals surface area contributed by atoms with E-state index in [9.17, 15) is 0 Å². The molecule has 2 heteroatoms. The lowest BCUT2D eigenvalue weighted by Crippen LogP contribution is -2.55. The van der Waals surface area contributed by atoms with E-state index >= 15 is 0 Å². The van der Waals surface area contributed by atoms with E-state index in [1.165, 1.54) is 49.8 Å². The van der Waals surface area contributed by atoms with Crippen LogP contribution in [0.25, 0.3) is 11.1 Å². The molecule has 0 amide bonds. The van der Waals surface area contributed by atoms with Crippen LogP contribution in [0.5, 0.6) is 0 Å². The van der Waals surface area contributed by atoms with Crippen LogP contribution in [0.2, 0.25) is 0 Å². The average molecular weight is 453 g/mol. The molecule has 0 atom stereocenters. The zero-order chi connectivity index (χ0) is 21.3. The Balaban J connectivity index is 1.89. The fraction of sp³-hybridized carbons (Fsp3) is 0.143. The van der Waals surface area contributed by atoms with E-state index in [1.807, 2.05) is 0 Å².